The van der Waals surface area contributed by atoms with Gasteiger partial charge in [0.2, 0.25) is 0 Å². The van der Waals surface area contributed by atoms with Gasteiger partial charge >= 0.3 is 0 Å². The lowest BCUT2D eigenvalue weighted by molar-refractivity contribution is 0.419. The van der Waals surface area contributed by atoms with E-state index < -0.39 is 0 Å². The molecule has 2 aromatic rings. The number of nitrogens with one attached hydrogen (secondary N) is 1. The Labute approximate surface area is 129 Å². The number of hydrogen-bond acceptors (Lipinski definition) is 2. The molecule has 0 fully saturated rings. The first-order valence-electron chi connectivity index (χ1n) is 8.30. The summed E-state index contributed by atoms with van der Waals surface area (Å²) in [7, 11) is 0. The fraction of sp³-hybridized carbons (Fsp3) is 0.526. The molecule has 0 aliphatic rings. The molecule has 2 rings (SSSR count). The van der Waals surface area contributed by atoms with E-state index in [0.29, 0.717) is 0 Å². The molecule has 1 aromatic heterocycles. The Morgan fingerprint density at radius 3 is 2.76 bits per heavy atom. The smallest absolute Gasteiger partial charge is 0.0705 e. The third-order valence-corrected chi connectivity index (χ3v) is 4.20. The van der Waals surface area contributed by atoms with Gasteiger partial charge in [0.05, 0.1) is 5.52 Å². The first kappa shape index (κ1) is 16.0. The van der Waals surface area contributed by atoms with E-state index >= 15 is 0 Å². The van der Waals surface area contributed by atoms with Crippen molar-refractivity contribution in [2.45, 2.75) is 53.0 Å². The maximum absolute atomic E-state index is 4.55. The van der Waals surface area contributed by atoms with Gasteiger partial charge in [-0.05, 0) is 49.6 Å². The SMILES string of the molecule is CCCCC(CC)CNCc1ccc2nc(C)ccc2c1. The molecule has 1 heterocycles. The fourth-order valence-corrected chi connectivity index (χ4v) is 2.75. The average molecular weight is 284 g/mol. The quantitative estimate of drug-likeness (QED) is 0.749. The topological polar surface area (TPSA) is 24.9 Å². The van der Waals surface area contributed by atoms with Crippen molar-refractivity contribution in [1.82, 2.24) is 10.3 Å². The minimum Gasteiger partial charge on any atom is -0.312 e. The molecule has 0 saturated carbocycles. The van der Waals surface area contributed by atoms with Crippen LogP contribution in [0.5, 0.6) is 0 Å². The Hall–Kier alpha value is -1.41. The molecule has 0 radical (unpaired) electrons. The van der Waals surface area contributed by atoms with E-state index in [2.05, 4.69) is 54.5 Å². The Kier molecular flexibility index (Phi) is 6.19. The van der Waals surface area contributed by atoms with Gasteiger partial charge in [-0.2, -0.15) is 0 Å². The highest BCUT2D eigenvalue weighted by Gasteiger charge is 2.05. The van der Waals surface area contributed by atoms with Crippen LogP contribution in [0.3, 0.4) is 0 Å². The Bertz CT molecular complexity index is 562. The van der Waals surface area contributed by atoms with E-state index in [4.69, 9.17) is 0 Å². The minimum absolute atomic E-state index is 0.815. The van der Waals surface area contributed by atoms with Crippen LogP contribution in [0.25, 0.3) is 10.9 Å². The van der Waals surface area contributed by atoms with E-state index in [1.807, 2.05) is 6.92 Å². The van der Waals surface area contributed by atoms with E-state index in [1.54, 1.807) is 0 Å². The molecule has 0 aliphatic heterocycles. The van der Waals surface area contributed by atoms with Crippen LogP contribution in [0.2, 0.25) is 0 Å². The number of fused-ring (bicyclic) bond motifs is 1. The highest BCUT2D eigenvalue weighted by Crippen LogP contribution is 2.15. The maximum Gasteiger partial charge on any atom is 0.0705 e. The van der Waals surface area contributed by atoms with Crippen LogP contribution < -0.4 is 5.32 Å². The number of unbranched alkanes of at least 4 members (excludes halogenated alkanes) is 1. The predicted octanol–water partition coefficient (Wildman–Crippen LogP) is 4.85. The van der Waals surface area contributed by atoms with Crippen LogP contribution in [0.4, 0.5) is 0 Å². The molecular formula is C19H28N2. The van der Waals surface area contributed by atoms with Gasteiger partial charge in [0.25, 0.3) is 0 Å². The molecule has 2 heteroatoms. The largest absolute Gasteiger partial charge is 0.312 e. The number of nitrogens with zero attached hydrogens (tertiary/aromatic N) is 1. The van der Waals surface area contributed by atoms with Crippen molar-refractivity contribution in [2.75, 3.05) is 6.54 Å². The summed E-state index contributed by atoms with van der Waals surface area (Å²) >= 11 is 0. The second kappa shape index (κ2) is 8.14. The number of benzene rings is 1. The van der Waals surface area contributed by atoms with E-state index in [0.717, 1.165) is 30.2 Å². The summed E-state index contributed by atoms with van der Waals surface area (Å²) in [6.45, 7) is 8.68. The lowest BCUT2D eigenvalue weighted by Crippen LogP contribution is -2.22. The molecule has 21 heavy (non-hydrogen) atoms. The molecule has 2 nitrogen and oxygen atoms in total. The average Bonchev–Trinajstić information content (AvgIpc) is 2.50. The van der Waals surface area contributed by atoms with Crippen LogP contribution in [0.15, 0.2) is 30.3 Å². The Morgan fingerprint density at radius 2 is 2.00 bits per heavy atom. The standard InChI is InChI=1S/C19H28N2/c1-4-6-7-16(5-2)13-20-14-17-9-11-19-18(12-17)10-8-15(3)21-19/h8-12,16,20H,4-7,13-14H2,1-3H3. The third-order valence-electron chi connectivity index (χ3n) is 4.20. The minimum atomic E-state index is 0.815. The molecule has 0 spiro atoms. The van der Waals surface area contributed by atoms with Crippen molar-refractivity contribution in [3.63, 3.8) is 0 Å². The van der Waals surface area contributed by atoms with Crippen molar-refractivity contribution >= 4 is 10.9 Å². The first-order chi connectivity index (χ1) is 10.2. The number of aryl methyl sites for hydroxylation is 1. The normalized spacial score (nSPS) is 12.7. The predicted molar refractivity (Wildman–Crippen MR) is 91.5 cm³/mol. The third kappa shape index (κ3) is 4.82. The summed E-state index contributed by atoms with van der Waals surface area (Å²) < 4.78 is 0. The maximum atomic E-state index is 4.55. The van der Waals surface area contributed by atoms with Crippen molar-refractivity contribution in [2.24, 2.45) is 5.92 Å². The van der Waals surface area contributed by atoms with E-state index in [-0.39, 0.29) is 0 Å². The lowest BCUT2D eigenvalue weighted by atomic mass is 9.99. The van der Waals surface area contributed by atoms with Crippen LogP contribution >= 0.6 is 0 Å². The summed E-state index contributed by atoms with van der Waals surface area (Å²) in [5.74, 6) is 0.815. The molecule has 1 atom stereocenters. The van der Waals surface area contributed by atoms with Gasteiger partial charge in [0.15, 0.2) is 0 Å². The summed E-state index contributed by atoms with van der Waals surface area (Å²) in [6.07, 6.45) is 5.27. The lowest BCUT2D eigenvalue weighted by Gasteiger charge is -2.15. The molecule has 0 saturated heterocycles. The zero-order valence-electron chi connectivity index (χ0n) is 13.7. The fourth-order valence-electron chi connectivity index (χ4n) is 2.75. The van der Waals surface area contributed by atoms with Gasteiger partial charge in [-0.1, -0.05) is 45.2 Å². The van der Waals surface area contributed by atoms with Crippen molar-refractivity contribution in [1.29, 1.82) is 0 Å². The van der Waals surface area contributed by atoms with Gasteiger partial charge in [0, 0.05) is 17.6 Å². The van der Waals surface area contributed by atoms with Crippen LogP contribution in [-0.2, 0) is 6.54 Å². The van der Waals surface area contributed by atoms with Gasteiger partial charge in [-0.25, -0.2) is 0 Å². The van der Waals surface area contributed by atoms with Gasteiger partial charge in [-0.3, -0.25) is 4.98 Å². The summed E-state index contributed by atoms with van der Waals surface area (Å²) in [5, 5.41) is 4.85. The Morgan fingerprint density at radius 1 is 1.14 bits per heavy atom. The summed E-state index contributed by atoms with van der Waals surface area (Å²) in [6, 6.07) is 10.8. The van der Waals surface area contributed by atoms with Crippen LogP contribution in [-0.4, -0.2) is 11.5 Å². The number of pyridine rings is 1. The van der Waals surface area contributed by atoms with Crippen molar-refractivity contribution in [3.05, 3.63) is 41.6 Å². The van der Waals surface area contributed by atoms with Gasteiger partial charge in [-0.15, -0.1) is 0 Å². The van der Waals surface area contributed by atoms with Crippen molar-refractivity contribution < 1.29 is 0 Å². The van der Waals surface area contributed by atoms with Gasteiger partial charge in [0.1, 0.15) is 0 Å². The summed E-state index contributed by atoms with van der Waals surface area (Å²) in [4.78, 5) is 4.55. The number of aromatic nitrogens is 1. The molecule has 1 N–H and O–H groups in total. The van der Waals surface area contributed by atoms with Crippen LogP contribution in [0, 0.1) is 12.8 Å². The monoisotopic (exact) mass is 284 g/mol. The second-order valence-corrected chi connectivity index (χ2v) is 6.03. The number of hydrogen-bond donors (Lipinski definition) is 1. The van der Waals surface area contributed by atoms with E-state index in [1.165, 1.54) is 36.6 Å². The van der Waals surface area contributed by atoms with Crippen molar-refractivity contribution in [3.8, 4) is 0 Å². The Balaban J connectivity index is 1.89. The molecular weight excluding hydrogens is 256 g/mol. The zero-order chi connectivity index (χ0) is 15.1. The molecule has 0 amide bonds. The van der Waals surface area contributed by atoms with Crippen LogP contribution in [0.1, 0.15) is 50.8 Å². The zero-order valence-corrected chi connectivity index (χ0v) is 13.7. The molecule has 1 aromatic carbocycles. The number of rotatable bonds is 8. The first-order valence-corrected chi connectivity index (χ1v) is 8.30. The highest BCUT2D eigenvalue weighted by molar-refractivity contribution is 5.79. The summed E-state index contributed by atoms with van der Waals surface area (Å²) in [5.41, 5.74) is 3.52. The highest BCUT2D eigenvalue weighted by atomic mass is 14.9. The van der Waals surface area contributed by atoms with E-state index in [9.17, 15) is 0 Å². The molecule has 0 bridgehead atoms. The molecule has 0 aliphatic carbocycles. The second-order valence-electron chi connectivity index (χ2n) is 6.03. The molecule has 1 unspecified atom stereocenters. The molecule has 114 valence electrons. The van der Waals surface area contributed by atoms with Gasteiger partial charge < -0.3 is 5.32 Å².